The van der Waals surface area contributed by atoms with Crippen molar-refractivity contribution in [3.63, 3.8) is 0 Å². The summed E-state index contributed by atoms with van der Waals surface area (Å²) in [6.07, 6.45) is 2.69. The van der Waals surface area contributed by atoms with Crippen LogP contribution < -0.4 is 11.2 Å². The van der Waals surface area contributed by atoms with Crippen molar-refractivity contribution in [2.45, 2.75) is 19.8 Å². The molecule has 0 amide bonds. The van der Waals surface area contributed by atoms with Gasteiger partial charge in [-0.15, -0.1) is 12.4 Å². The highest BCUT2D eigenvalue weighted by Crippen LogP contribution is 2.35. The second-order valence-electron chi connectivity index (χ2n) is 5.87. The molecule has 0 radical (unpaired) electrons. The van der Waals surface area contributed by atoms with Gasteiger partial charge in [-0.1, -0.05) is 34.8 Å². The summed E-state index contributed by atoms with van der Waals surface area (Å²) >= 11 is 18.9. The van der Waals surface area contributed by atoms with Crippen molar-refractivity contribution in [3.05, 3.63) is 66.9 Å². The van der Waals surface area contributed by atoms with Crippen LogP contribution >= 0.6 is 47.2 Å². The first-order valence-electron chi connectivity index (χ1n) is 7.90. The second-order valence-corrected chi connectivity index (χ2v) is 7.09. The lowest BCUT2D eigenvalue weighted by atomic mass is 10.1. The van der Waals surface area contributed by atoms with Crippen LogP contribution in [0, 0.1) is 12.7 Å². The number of pyridine rings is 2. The maximum atomic E-state index is 13.6. The van der Waals surface area contributed by atoms with Gasteiger partial charge in [0.15, 0.2) is 5.43 Å². The van der Waals surface area contributed by atoms with Crippen LogP contribution in [0.2, 0.25) is 15.1 Å². The van der Waals surface area contributed by atoms with Gasteiger partial charge in [0.2, 0.25) is 0 Å². The molecule has 144 valence electrons. The average molecular weight is 451 g/mol. The Hall–Kier alpha value is -1.37. The number of benzene rings is 1. The number of fused-ring (bicyclic) bond motifs is 1. The molecule has 4 nitrogen and oxygen atoms in total. The van der Waals surface area contributed by atoms with E-state index in [0.29, 0.717) is 47.4 Å². The third-order valence-corrected chi connectivity index (χ3v) is 4.92. The Balaban J connectivity index is 0.00000261. The molecule has 0 spiro atoms. The minimum atomic E-state index is -0.553. The highest BCUT2D eigenvalue weighted by molar-refractivity contribution is 6.38. The number of hydrogen-bond donors (Lipinski definition) is 1. The van der Waals surface area contributed by atoms with E-state index >= 15 is 0 Å². The smallest absolute Gasteiger partial charge is 0.191 e. The van der Waals surface area contributed by atoms with Gasteiger partial charge in [-0.2, -0.15) is 0 Å². The Morgan fingerprint density at radius 3 is 2.37 bits per heavy atom. The maximum absolute atomic E-state index is 13.6. The Labute approximate surface area is 176 Å². The molecule has 27 heavy (non-hydrogen) atoms. The van der Waals surface area contributed by atoms with Crippen LogP contribution in [-0.2, 0) is 6.42 Å². The molecule has 0 aliphatic carbocycles. The molecule has 0 atom stereocenters. The summed E-state index contributed by atoms with van der Waals surface area (Å²) in [5.74, 6) is -0.553. The van der Waals surface area contributed by atoms with Gasteiger partial charge in [-0.25, -0.2) is 4.39 Å². The molecule has 9 heteroatoms. The normalized spacial score (nSPS) is 10.9. The Kier molecular flexibility index (Phi) is 7.11. The number of hydrogen-bond acceptors (Lipinski definition) is 3. The van der Waals surface area contributed by atoms with Gasteiger partial charge in [0.25, 0.3) is 0 Å². The minimum absolute atomic E-state index is 0. The van der Waals surface area contributed by atoms with Crippen molar-refractivity contribution < 1.29 is 4.39 Å². The number of aromatic nitrogens is 2. The van der Waals surface area contributed by atoms with Crippen molar-refractivity contribution >= 4 is 58.1 Å². The van der Waals surface area contributed by atoms with Crippen LogP contribution in [0.15, 0.2) is 29.2 Å². The first kappa shape index (κ1) is 21.9. The summed E-state index contributed by atoms with van der Waals surface area (Å²) in [5, 5.41) is 0.876. The predicted octanol–water partition coefficient (Wildman–Crippen LogP) is 5.11. The fourth-order valence-electron chi connectivity index (χ4n) is 2.99. The molecule has 3 rings (SSSR count). The quantitative estimate of drug-likeness (QED) is 0.600. The third kappa shape index (κ3) is 4.08. The Morgan fingerprint density at radius 1 is 1.15 bits per heavy atom. The van der Waals surface area contributed by atoms with Gasteiger partial charge >= 0.3 is 0 Å². The van der Waals surface area contributed by atoms with E-state index in [4.69, 9.17) is 40.5 Å². The average Bonchev–Trinajstić information content (AvgIpc) is 2.56. The number of aryl methyl sites for hydroxylation is 2. The van der Waals surface area contributed by atoms with E-state index in [1.165, 1.54) is 12.3 Å². The highest BCUT2D eigenvalue weighted by Gasteiger charge is 2.19. The number of nitrogens with two attached hydrogens (primary N) is 1. The van der Waals surface area contributed by atoms with Gasteiger partial charge in [-0.3, -0.25) is 9.78 Å². The SMILES string of the molecule is Cc1cc(=O)c2c(CCCN)ncc(Cl)c2n1-c1c(Cl)cc(F)cc1Cl.Cl. The highest BCUT2D eigenvalue weighted by atomic mass is 35.5. The topological polar surface area (TPSA) is 60.9 Å². The zero-order valence-corrected chi connectivity index (χ0v) is 17.3. The van der Waals surface area contributed by atoms with Crippen LogP contribution in [0.4, 0.5) is 4.39 Å². The zero-order valence-electron chi connectivity index (χ0n) is 14.2. The van der Waals surface area contributed by atoms with Crippen LogP contribution in [0.25, 0.3) is 16.6 Å². The molecule has 0 aliphatic heterocycles. The summed E-state index contributed by atoms with van der Waals surface area (Å²) in [5.41, 5.74) is 7.34. The van der Waals surface area contributed by atoms with Crippen molar-refractivity contribution in [2.24, 2.45) is 5.73 Å². The van der Waals surface area contributed by atoms with Crippen molar-refractivity contribution in [1.29, 1.82) is 0 Å². The van der Waals surface area contributed by atoms with Crippen LogP contribution in [0.5, 0.6) is 0 Å². The van der Waals surface area contributed by atoms with Crippen LogP contribution in [-0.4, -0.2) is 16.1 Å². The van der Waals surface area contributed by atoms with Gasteiger partial charge in [0.05, 0.1) is 37.4 Å². The predicted molar refractivity (Wildman–Crippen MR) is 112 cm³/mol. The van der Waals surface area contributed by atoms with E-state index in [-0.39, 0.29) is 32.9 Å². The lowest BCUT2D eigenvalue weighted by Gasteiger charge is -2.19. The third-order valence-electron chi connectivity index (χ3n) is 4.07. The molecule has 2 heterocycles. The second kappa shape index (κ2) is 8.76. The van der Waals surface area contributed by atoms with E-state index in [0.717, 1.165) is 12.1 Å². The molecule has 0 bridgehead atoms. The van der Waals surface area contributed by atoms with Crippen molar-refractivity contribution in [1.82, 2.24) is 9.55 Å². The lowest BCUT2D eigenvalue weighted by Crippen LogP contribution is -2.15. The van der Waals surface area contributed by atoms with Crippen LogP contribution in [0.3, 0.4) is 0 Å². The van der Waals surface area contributed by atoms with E-state index in [1.807, 2.05) is 0 Å². The van der Waals surface area contributed by atoms with E-state index in [1.54, 1.807) is 11.5 Å². The molecule has 2 aromatic heterocycles. The monoisotopic (exact) mass is 449 g/mol. The fourth-order valence-corrected chi connectivity index (χ4v) is 3.85. The lowest BCUT2D eigenvalue weighted by molar-refractivity contribution is 0.627. The molecule has 3 aromatic rings. The van der Waals surface area contributed by atoms with Crippen LogP contribution in [0.1, 0.15) is 17.8 Å². The zero-order chi connectivity index (χ0) is 19.0. The summed E-state index contributed by atoms with van der Waals surface area (Å²) in [6, 6.07) is 3.79. The molecule has 0 saturated heterocycles. The minimum Gasteiger partial charge on any atom is -0.330 e. The van der Waals surface area contributed by atoms with Gasteiger partial charge in [0.1, 0.15) is 5.82 Å². The van der Waals surface area contributed by atoms with E-state index < -0.39 is 5.82 Å². The summed E-state index contributed by atoms with van der Waals surface area (Å²) in [7, 11) is 0. The summed E-state index contributed by atoms with van der Waals surface area (Å²) < 4.78 is 15.3. The molecule has 0 unspecified atom stereocenters. The summed E-state index contributed by atoms with van der Waals surface area (Å²) in [4.78, 5) is 17.0. The molecule has 0 aliphatic rings. The van der Waals surface area contributed by atoms with Gasteiger partial charge in [0, 0.05) is 18.0 Å². The molecule has 0 saturated carbocycles. The molecule has 2 N–H and O–H groups in total. The molecule has 0 fully saturated rings. The fraction of sp³-hybridized carbons (Fsp3) is 0.222. The largest absolute Gasteiger partial charge is 0.330 e. The Morgan fingerprint density at radius 2 is 1.78 bits per heavy atom. The van der Waals surface area contributed by atoms with Gasteiger partial charge in [-0.05, 0) is 38.4 Å². The van der Waals surface area contributed by atoms with Crippen molar-refractivity contribution in [3.8, 4) is 5.69 Å². The summed E-state index contributed by atoms with van der Waals surface area (Å²) in [6.45, 7) is 2.20. The number of rotatable bonds is 4. The van der Waals surface area contributed by atoms with Crippen molar-refractivity contribution in [2.75, 3.05) is 6.54 Å². The van der Waals surface area contributed by atoms with E-state index in [9.17, 15) is 9.18 Å². The van der Waals surface area contributed by atoms with E-state index in [2.05, 4.69) is 4.98 Å². The first-order chi connectivity index (χ1) is 12.3. The molecular formula is C18H16Cl4FN3O. The number of nitrogens with zero attached hydrogens (tertiary/aromatic N) is 2. The molecular weight excluding hydrogens is 435 g/mol. The first-order valence-corrected chi connectivity index (χ1v) is 9.03. The molecule has 1 aromatic carbocycles. The maximum Gasteiger partial charge on any atom is 0.191 e. The number of halogens is 5. The standard InChI is InChI=1S/C18H15Cl3FN3O.ClH/c1-9-5-15(26)16-14(3-2-4-23)24-8-13(21)18(16)25(9)17-11(19)6-10(22)7-12(17)20;/h5-8H,2-4,23H2,1H3;1H. The van der Waals surface area contributed by atoms with Gasteiger partial charge < -0.3 is 10.3 Å². The Bertz CT molecular complexity index is 1050.